The maximum absolute atomic E-state index is 5.74. The maximum atomic E-state index is 5.74. The number of thiophene rings is 1. The Balaban J connectivity index is 2.37. The first-order valence-corrected chi connectivity index (χ1v) is 6.74. The van der Waals surface area contributed by atoms with E-state index in [1.165, 1.54) is 10.4 Å². The summed E-state index contributed by atoms with van der Waals surface area (Å²) in [7, 11) is 0. The third-order valence-corrected chi connectivity index (χ3v) is 5.28. The van der Waals surface area contributed by atoms with Crippen molar-refractivity contribution in [3.63, 3.8) is 0 Å². The van der Waals surface area contributed by atoms with Crippen molar-refractivity contribution in [1.29, 1.82) is 0 Å². The average molecular weight is 239 g/mol. The van der Waals surface area contributed by atoms with Gasteiger partial charge in [0.2, 0.25) is 0 Å². The SMILES string of the molecule is Cc1ccsc1C1(C(C)(C)CCN)COC1. The van der Waals surface area contributed by atoms with E-state index in [9.17, 15) is 0 Å². The Kier molecular flexibility index (Phi) is 3.12. The lowest BCUT2D eigenvalue weighted by Gasteiger charge is -2.52. The molecule has 0 unspecified atom stereocenters. The number of aryl methyl sites for hydroxylation is 1. The zero-order valence-electron chi connectivity index (χ0n) is 10.4. The molecule has 1 aromatic rings. The van der Waals surface area contributed by atoms with Gasteiger partial charge in [0.15, 0.2) is 0 Å². The van der Waals surface area contributed by atoms with Crippen LogP contribution >= 0.6 is 11.3 Å². The third-order valence-electron chi connectivity index (χ3n) is 4.06. The van der Waals surface area contributed by atoms with Crippen LogP contribution in [0.2, 0.25) is 0 Å². The lowest BCUT2D eigenvalue weighted by molar-refractivity contribution is -0.119. The molecule has 3 heteroatoms. The molecule has 0 bridgehead atoms. The number of ether oxygens (including phenoxy) is 1. The van der Waals surface area contributed by atoms with Crippen LogP contribution in [0.4, 0.5) is 0 Å². The van der Waals surface area contributed by atoms with Gasteiger partial charge in [0, 0.05) is 4.88 Å². The average Bonchev–Trinajstić information content (AvgIpc) is 2.50. The molecule has 2 nitrogen and oxygen atoms in total. The molecular weight excluding hydrogens is 218 g/mol. The minimum atomic E-state index is 0.199. The van der Waals surface area contributed by atoms with E-state index in [1.807, 2.05) is 11.3 Å². The van der Waals surface area contributed by atoms with Crippen LogP contribution in [0.25, 0.3) is 0 Å². The van der Waals surface area contributed by atoms with Gasteiger partial charge in [-0.1, -0.05) is 13.8 Å². The highest BCUT2D eigenvalue weighted by Gasteiger charge is 2.52. The summed E-state index contributed by atoms with van der Waals surface area (Å²) in [5.41, 5.74) is 7.56. The van der Waals surface area contributed by atoms with Crippen LogP contribution in [0.5, 0.6) is 0 Å². The van der Waals surface area contributed by atoms with Gasteiger partial charge in [-0.2, -0.15) is 0 Å². The molecule has 1 saturated heterocycles. The molecule has 1 aliphatic heterocycles. The van der Waals surface area contributed by atoms with Gasteiger partial charge in [0.25, 0.3) is 0 Å². The van der Waals surface area contributed by atoms with E-state index >= 15 is 0 Å². The monoisotopic (exact) mass is 239 g/mol. The van der Waals surface area contributed by atoms with Crippen LogP contribution in [0.15, 0.2) is 11.4 Å². The Bertz CT molecular complexity index is 366. The number of hydrogen-bond donors (Lipinski definition) is 1. The summed E-state index contributed by atoms with van der Waals surface area (Å²) in [5, 5.41) is 2.18. The highest BCUT2D eigenvalue weighted by Crippen LogP contribution is 2.51. The van der Waals surface area contributed by atoms with Crippen LogP contribution in [0.3, 0.4) is 0 Å². The fourth-order valence-electron chi connectivity index (χ4n) is 2.60. The third kappa shape index (κ3) is 1.62. The molecule has 0 amide bonds. The summed E-state index contributed by atoms with van der Waals surface area (Å²) in [6.45, 7) is 9.29. The van der Waals surface area contributed by atoms with Gasteiger partial charge in [-0.25, -0.2) is 0 Å². The zero-order chi connectivity index (χ0) is 11.8. The van der Waals surface area contributed by atoms with Crippen molar-refractivity contribution in [1.82, 2.24) is 0 Å². The van der Waals surface area contributed by atoms with Gasteiger partial charge in [-0.05, 0) is 42.3 Å². The van der Waals surface area contributed by atoms with Crippen molar-refractivity contribution in [2.75, 3.05) is 19.8 Å². The minimum absolute atomic E-state index is 0.199. The Morgan fingerprint density at radius 1 is 1.50 bits per heavy atom. The summed E-state index contributed by atoms with van der Waals surface area (Å²) in [6, 6.07) is 2.21. The Hall–Kier alpha value is -0.380. The minimum Gasteiger partial charge on any atom is -0.379 e. The smallest absolute Gasteiger partial charge is 0.0598 e. The second kappa shape index (κ2) is 4.13. The first-order valence-electron chi connectivity index (χ1n) is 5.86. The summed E-state index contributed by atoms with van der Waals surface area (Å²) in [6.07, 6.45) is 1.05. The largest absolute Gasteiger partial charge is 0.379 e. The molecule has 2 heterocycles. The van der Waals surface area contributed by atoms with Crippen LogP contribution in [0, 0.1) is 12.3 Å². The zero-order valence-corrected chi connectivity index (χ0v) is 11.2. The van der Waals surface area contributed by atoms with E-state index in [0.717, 1.165) is 26.2 Å². The number of nitrogens with two attached hydrogens (primary N) is 1. The summed E-state index contributed by atoms with van der Waals surface area (Å²) >= 11 is 1.86. The number of rotatable bonds is 4. The Morgan fingerprint density at radius 3 is 2.56 bits per heavy atom. The molecule has 1 aromatic heterocycles. The molecule has 0 aromatic carbocycles. The predicted molar refractivity (Wildman–Crippen MR) is 69.0 cm³/mol. The molecule has 1 fully saturated rings. The van der Waals surface area contributed by atoms with Crippen molar-refractivity contribution in [2.45, 2.75) is 32.6 Å². The summed E-state index contributed by atoms with van der Waals surface area (Å²) < 4.78 is 5.52. The van der Waals surface area contributed by atoms with Gasteiger partial charge < -0.3 is 10.5 Å². The van der Waals surface area contributed by atoms with Gasteiger partial charge in [-0.15, -0.1) is 11.3 Å². The lowest BCUT2D eigenvalue weighted by Crippen LogP contribution is -2.57. The second-order valence-corrected chi connectivity index (χ2v) is 6.35. The molecule has 1 aliphatic rings. The van der Waals surface area contributed by atoms with Gasteiger partial charge >= 0.3 is 0 Å². The molecular formula is C13H21NOS. The van der Waals surface area contributed by atoms with Crippen LogP contribution in [-0.2, 0) is 10.2 Å². The quantitative estimate of drug-likeness (QED) is 0.877. The van der Waals surface area contributed by atoms with E-state index < -0.39 is 0 Å². The molecule has 0 saturated carbocycles. The van der Waals surface area contributed by atoms with Crippen molar-refractivity contribution in [3.05, 3.63) is 21.9 Å². The molecule has 0 spiro atoms. The van der Waals surface area contributed by atoms with Crippen molar-refractivity contribution >= 4 is 11.3 Å². The molecule has 16 heavy (non-hydrogen) atoms. The van der Waals surface area contributed by atoms with Crippen molar-refractivity contribution in [2.24, 2.45) is 11.1 Å². The molecule has 2 N–H and O–H groups in total. The van der Waals surface area contributed by atoms with E-state index in [1.54, 1.807) is 0 Å². The molecule has 2 rings (SSSR count). The van der Waals surface area contributed by atoms with E-state index in [4.69, 9.17) is 10.5 Å². The van der Waals surface area contributed by atoms with E-state index in [-0.39, 0.29) is 10.8 Å². The van der Waals surface area contributed by atoms with Crippen molar-refractivity contribution < 1.29 is 4.74 Å². The Morgan fingerprint density at radius 2 is 2.19 bits per heavy atom. The number of hydrogen-bond acceptors (Lipinski definition) is 3. The predicted octanol–water partition coefficient (Wildman–Crippen LogP) is 2.70. The first kappa shape index (κ1) is 12.1. The standard InChI is InChI=1S/C13H21NOS/c1-10-4-7-16-11(10)13(8-15-9-13)12(2,3)5-6-14/h4,7H,5-6,8-9,14H2,1-3H3. The fraction of sp³-hybridized carbons (Fsp3) is 0.692. The van der Waals surface area contributed by atoms with E-state index in [2.05, 4.69) is 32.2 Å². The lowest BCUT2D eigenvalue weighted by atomic mass is 9.61. The topological polar surface area (TPSA) is 35.2 Å². The van der Waals surface area contributed by atoms with Crippen LogP contribution in [0.1, 0.15) is 30.7 Å². The second-order valence-electron chi connectivity index (χ2n) is 5.43. The summed E-state index contributed by atoms with van der Waals surface area (Å²) in [4.78, 5) is 1.50. The molecule has 0 atom stereocenters. The normalized spacial score (nSPS) is 19.5. The van der Waals surface area contributed by atoms with Gasteiger partial charge in [0.05, 0.1) is 18.6 Å². The van der Waals surface area contributed by atoms with E-state index in [0.29, 0.717) is 0 Å². The van der Waals surface area contributed by atoms with Crippen LogP contribution in [-0.4, -0.2) is 19.8 Å². The first-order chi connectivity index (χ1) is 7.53. The van der Waals surface area contributed by atoms with Gasteiger partial charge in [-0.3, -0.25) is 0 Å². The fourth-order valence-corrected chi connectivity index (χ4v) is 3.88. The molecule has 0 radical (unpaired) electrons. The highest BCUT2D eigenvalue weighted by molar-refractivity contribution is 7.10. The summed E-state index contributed by atoms with van der Waals surface area (Å²) in [5.74, 6) is 0. The van der Waals surface area contributed by atoms with Crippen LogP contribution < -0.4 is 5.73 Å². The molecule has 90 valence electrons. The molecule has 0 aliphatic carbocycles. The Labute approximate surface area is 102 Å². The highest BCUT2D eigenvalue weighted by atomic mass is 32.1. The maximum Gasteiger partial charge on any atom is 0.0598 e. The van der Waals surface area contributed by atoms with Gasteiger partial charge in [0.1, 0.15) is 0 Å². The van der Waals surface area contributed by atoms with Crippen molar-refractivity contribution in [3.8, 4) is 0 Å².